The van der Waals surface area contributed by atoms with Crippen molar-refractivity contribution in [2.24, 2.45) is 0 Å². The molecule has 0 spiro atoms. The molecule has 0 radical (unpaired) electrons. The van der Waals surface area contributed by atoms with Gasteiger partial charge in [0.05, 0.1) is 19.6 Å². The van der Waals surface area contributed by atoms with Gasteiger partial charge in [0.1, 0.15) is 5.75 Å². The molecule has 4 heteroatoms. The van der Waals surface area contributed by atoms with E-state index in [4.69, 9.17) is 9.84 Å². The van der Waals surface area contributed by atoms with Crippen molar-refractivity contribution in [1.82, 2.24) is 4.90 Å². The highest BCUT2D eigenvalue weighted by Gasteiger charge is 2.20. The van der Waals surface area contributed by atoms with Crippen LogP contribution in [0.15, 0.2) is 30.3 Å². The number of nitrogens with zero attached hydrogens (tertiary/aromatic N) is 1. The number of hydrogen-bond donors (Lipinski definition) is 1. The summed E-state index contributed by atoms with van der Waals surface area (Å²) in [4.78, 5) is 14.0. The van der Waals surface area contributed by atoms with Gasteiger partial charge in [-0.3, -0.25) is 4.79 Å². The first-order valence-corrected chi connectivity index (χ1v) is 7.31. The summed E-state index contributed by atoms with van der Waals surface area (Å²) < 4.78 is 5.54. The average Bonchev–Trinajstić information content (AvgIpc) is 2.48. The summed E-state index contributed by atoms with van der Waals surface area (Å²) in [5.74, 6) is 0.820. The van der Waals surface area contributed by atoms with E-state index >= 15 is 0 Å². The predicted molar refractivity (Wildman–Crippen MR) is 79.7 cm³/mol. The molecule has 0 saturated heterocycles. The molecule has 4 nitrogen and oxygen atoms in total. The van der Waals surface area contributed by atoms with E-state index in [9.17, 15) is 4.79 Å². The molecule has 0 bridgehead atoms. The quantitative estimate of drug-likeness (QED) is 0.755. The number of ether oxygens (including phenoxy) is 1. The number of amides is 1. The number of aliphatic hydroxyl groups is 1. The van der Waals surface area contributed by atoms with Crippen LogP contribution in [0, 0.1) is 0 Å². The highest BCUT2D eigenvalue weighted by Crippen LogP contribution is 2.12. The van der Waals surface area contributed by atoms with E-state index in [0.29, 0.717) is 19.6 Å². The second kappa shape index (κ2) is 9.37. The zero-order valence-corrected chi connectivity index (χ0v) is 12.4. The highest BCUT2D eigenvalue weighted by molar-refractivity contribution is 5.76. The van der Waals surface area contributed by atoms with Gasteiger partial charge in [0.25, 0.3) is 0 Å². The van der Waals surface area contributed by atoms with E-state index in [1.165, 1.54) is 0 Å². The van der Waals surface area contributed by atoms with Crippen LogP contribution >= 0.6 is 0 Å². The van der Waals surface area contributed by atoms with Crippen LogP contribution in [0.25, 0.3) is 0 Å². The van der Waals surface area contributed by atoms with E-state index < -0.39 is 0 Å². The molecule has 0 atom stereocenters. The van der Waals surface area contributed by atoms with Gasteiger partial charge in [0, 0.05) is 12.6 Å². The van der Waals surface area contributed by atoms with E-state index in [1.54, 1.807) is 4.90 Å². The summed E-state index contributed by atoms with van der Waals surface area (Å²) in [7, 11) is 0. The molecule has 0 saturated carbocycles. The summed E-state index contributed by atoms with van der Waals surface area (Å²) >= 11 is 0. The SMILES string of the molecule is CCC(CC)N(CCO)C(=O)CCOc1ccccc1. The summed E-state index contributed by atoms with van der Waals surface area (Å²) in [6, 6.07) is 9.67. The zero-order chi connectivity index (χ0) is 14.8. The van der Waals surface area contributed by atoms with E-state index in [2.05, 4.69) is 13.8 Å². The molecular weight excluding hydrogens is 254 g/mol. The fourth-order valence-electron chi connectivity index (χ4n) is 2.26. The maximum absolute atomic E-state index is 12.2. The van der Waals surface area contributed by atoms with E-state index in [1.807, 2.05) is 30.3 Å². The Kier molecular flexibility index (Phi) is 7.73. The lowest BCUT2D eigenvalue weighted by molar-refractivity contribution is -0.134. The van der Waals surface area contributed by atoms with E-state index in [0.717, 1.165) is 18.6 Å². The molecule has 0 aliphatic heterocycles. The van der Waals surface area contributed by atoms with Crippen molar-refractivity contribution in [2.45, 2.75) is 39.2 Å². The lowest BCUT2D eigenvalue weighted by Gasteiger charge is -2.30. The third-order valence-corrected chi connectivity index (χ3v) is 3.37. The maximum Gasteiger partial charge on any atom is 0.226 e. The molecule has 1 aromatic carbocycles. The van der Waals surface area contributed by atoms with Gasteiger partial charge in [-0.1, -0.05) is 32.0 Å². The molecule has 0 fully saturated rings. The lowest BCUT2D eigenvalue weighted by Crippen LogP contribution is -2.42. The normalized spacial score (nSPS) is 10.6. The van der Waals surface area contributed by atoms with Gasteiger partial charge in [-0.25, -0.2) is 0 Å². The molecule has 0 heterocycles. The molecule has 0 aliphatic carbocycles. The Morgan fingerprint density at radius 1 is 1.25 bits per heavy atom. The fraction of sp³-hybridized carbons (Fsp3) is 0.562. The van der Waals surface area contributed by atoms with Crippen LogP contribution in [0.1, 0.15) is 33.1 Å². The Morgan fingerprint density at radius 3 is 2.45 bits per heavy atom. The molecule has 0 aromatic heterocycles. The number of para-hydroxylation sites is 1. The first-order chi connectivity index (χ1) is 9.72. The highest BCUT2D eigenvalue weighted by atomic mass is 16.5. The third-order valence-electron chi connectivity index (χ3n) is 3.37. The molecule has 20 heavy (non-hydrogen) atoms. The number of carbonyl (C=O) groups excluding carboxylic acids is 1. The van der Waals surface area contributed by atoms with Gasteiger partial charge < -0.3 is 14.7 Å². The second-order valence-corrected chi connectivity index (χ2v) is 4.69. The Bertz CT molecular complexity index is 377. The number of aliphatic hydroxyl groups excluding tert-OH is 1. The predicted octanol–water partition coefficient (Wildman–Crippen LogP) is 2.47. The molecule has 1 N–H and O–H groups in total. The van der Waals surface area contributed by atoms with Gasteiger partial charge in [-0.2, -0.15) is 0 Å². The summed E-state index contributed by atoms with van der Waals surface area (Å²) in [6.45, 7) is 4.89. The van der Waals surface area contributed by atoms with Crippen LogP contribution in [0.2, 0.25) is 0 Å². The summed E-state index contributed by atoms with van der Waals surface area (Å²) in [6.07, 6.45) is 2.15. The minimum absolute atomic E-state index is 0.00177. The van der Waals surface area contributed by atoms with Crippen LogP contribution < -0.4 is 4.74 Å². The topological polar surface area (TPSA) is 49.8 Å². The molecular formula is C16H25NO3. The van der Waals surface area contributed by atoms with Crippen molar-refractivity contribution in [3.05, 3.63) is 30.3 Å². The lowest BCUT2D eigenvalue weighted by atomic mass is 10.1. The van der Waals surface area contributed by atoms with Gasteiger partial charge in [-0.05, 0) is 25.0 Å². The number of carbonyl (C=O) groups is 1. The van der Waals surface area contributed by atoms with Gasteiger partial charge in [0.15, 0.2) is 0 Å². The van der Waals surface area contributed by atoms with Crippen molar-refractivity contribution >= 4 is 5.91 Å². The largest absolute Gasteiger partial charge is 0.493 e. The van der Waals surface area contributed by atoms with Crippen molar-refractivity contribution < 1.29 is 14.6 Å². The monoisotopic (exact) mass is 279 g/mol. The van der Waals surface area contributed by atoms with Gasteiger partial charge >= 0.3 is 0 Å². The van der Waals surface area contributed by atoms with Gasteiger partial charge in [-0.15, -0.1) is 0 Å². The molecule has 1 aromatic rings. The summed E-state index contributed by atoms with van der Waals surface area (Å²) in [5.41, 5.74) is 0. The fourth-order valence-corrected chi connectivity index (χ4v) is 2.26. The van der Waals surface area contributed by atoms with Crippen molar-refractivity contribution in [2.75, 3.05) is 19.8 Å². The van der Waals surface area contributed by atoms with Crippen molar-refractivity contribution in [3.8, 4) is 5.75 Å². The Balaban J connectivity index is 2.45. The molecule has 0 aliphatic rings. The number of benzene rings is 1. The average molecular weight is 279 g/mol. The maximum atomic E-state index is 12.2. The van der Waals surface area contributed by atoms with Crippen LogP contribution in [0.5, 0.6) is 5.75 Å². The van der Waals surface area contributed by atoms with Crippen LogP contribution in [-0.2, 0) is 4.79 Å². The van der Waals surface area contributed by atoms with Gasteiger partial charge in [0.2, 0.25) is 5.91 Å². The Morgan fingerprint density at radius 2 is 1.90 bits per heavy atom. The number of rotatable bonds is 9. The standard InChI is InChI=1S/C16H25NO3/c1-3-14(4-2)17(11-12-18)16(19)10-13-20-15-8-6-5-7-9-15/h5-9,14,18H,3-4,10-13H2,1-2H3. The minimum atomic E-state index is 0.00177. The minimum Gasteiger partial charge on any atom is -0.493 e. The van der Waals surface area contributed by atoms with Crippen molar-refractivity contribution in [1.29, 1.82) is 0 Å². The smallest absolute Gasteiger partial charge is 0.226 e. The Hall–Kier alpha value is -1.55. The zero-order valence-electron chi connectivity index (χ0n) is 12.4. The molecule has 1 amide bonds. The molecule has 1 rings (SSSR count). The van der Waals surface area contributed by atoms with Crippen molar-refractivity contribution in [3.63, 3.8) is 0 Å². The first-order valence-electron chi connectivity index (χ1n) is 7.31. The summed E-state index contributed by atoms with van der Waals surface area (Å²) in [5, 5.41) is 9.10. The molecule has 0 unspecified atom stereocenters. The Labute approximate surface area is 121 Å². The van der Waals surface area contributed by atoms with Crippen LogP contribution in [0.3, 0.4) is 0 Å². The van der Waals surface area contributed by atoms with Crippen LogP contribution in [-0.4, -0.2) is 41.7 Å². The third kappa shape index (κ3) is 5.21. The molecule has 112 valence electrons. The number of hydrogen-bond acceptors (Lipinski definition) is 3. The second-order valence-electron chi connectivity index (χ2n) is 4.69. The first kappa shape index (κ1) is 16.5. The van der Waals surface area contributed by atoms with Crippen LogP contribution in [0.4, 0.5) is 0 Å². The van der Waals surface area contributed by atoms with E-state index in [-0.39, 0.29) is 18.6 Å².